The lowest BCUT2D eigenvalue weighted by atomic mass is 9.72. The number of carbonyl (C=O) groups excluding carboxylic acids is 1. The summed E-state index contributed by atoms with van der Waals surface area (Å²) in [4.78, 5) is 26.2. The molecule has 1 aromatic carbocycles. The van der Waals surface area contributed by atoms with Crippen molar-refractivity contribution in [2.75, 3.05) is 13.7 Å². The molecular formula is C23H24N2O5S. The molecule has 8 heteroatoms. The lowest BCUT2D eigenvalue weighted by Gasteiger charge is -2.45. The number of aliphatic carboxylic acids is 1. The first kappa shape index (κ1) is 21.2. The highest BCUT2D eigenvalue weighted by Crippen LogP contribution is 2.41. The molecule has 1 N–H and O–H groups in total. The van der Waals surface area contributed by atoms with Crippen molar-refractivity contribution >= 4 is 23.4 Å². The van der Waals surface area contributed by atoms with Gasteiger partial charge in [-0.1, -0.05) is 12.1 Å². The van der Waals surface area contributed by atoms with Crippen LogP contribution < -0.4 is 4.74 Å². The predicted molar refractivity (Wildman–Crippen MR) is 115 cm³/mol. The highest BCUT2D eigenvalue weighted by molar-refractivity contribution is 7.13. The van der Waals surface area contributed by atoms with Gasteiger partial charge < -0.3 is 14.6 Å². The standard InChI is InChI=1S/C23H24N2O5S/c1-29-23(28)25-13-16-6-7-18(9-17(16)10-19(25)22(26)27)30-20-11-14(4-5-15(20)12-24)21-3-2-8-31-21/h2-5,8,11,16-19H,6-7,9-10,13H2,1H3,(H,26,27). The summed E-state index contributed by atoms with van der Waals surface area (Å²) in [5.74, 6) is -0.0739. The minimum absolute atomic E-state index is 0.0916. The zero-order chi connectivity index (χ0) is 22.0. The summed E-state index contributed by atoms with van der Waals surface area (Å²) in [7, 11) is 1.27. The van der Waals surface area contributed by atoms with Crippen molar-refractivity contribution in [2.45, 2.75) is 37.8 Å². The number of carboxylic acid groups (broad SMARTS) is 1. The molecule has 0 bridgehead atoms. The van der Waals surface area contributed by atoms with Crippen LogP contribution in [-0.4, -0.2) is 47.9 Å². The Hall–Kier alpha value is -3.05. The number of carbonyl (C=O) groups is 2. The molecule has 1 saturated heterocycles. The number of rotatable bonds is 4. The molecule has 1 saturated carbocycles. The third kappa shape index (κ3) is 4.37. The van der Waals surface area contributed by atoms with Gasteiger partial charge in [-0.05, 0) is 66.7 Å². The van der Waals surface area contributed by atoms with Gasteiger partial charge in [0.15, 0.2) is 0 Å². The smallest absolute Gasteiger partial charge is 0.410 e. The molecule has 4 unspecified atom stereocenters. The van der Waals surface area contributed by atoms with Crippen LogP contribution in [0.5, 0.6) is 5.75 Å². The fraction of sp³-hybridized carbons (Fsp3) is 0.435. The Morgan fingerprint density at radius 3 is 2.74 bits per heavy atom. The van der Waals surface area contributed by atoms with E-state index in [4.69, 9.17) is 9.47 Å². The zero-order valence-electron chi connectivity index (χ0n) is 17.2. The summed E-state index contributed by atoms with van der Waals surface area (Å²) in [6.07, 6.45) is 2.04. The van der Waals surface area contributed by atoms with E-state index in [2.05, 4.69) is 6.07 Å². The summed E-state index contributed by atoms with van der Waals surface area (Å²) in [5, 5.41) is 21.1. The molecule has 0 radical (unpaired) electrons. The molecule has 162 valence electrons. The molecule has 0 spiro atoms. The third-order valence-electron chi connectivity index (χ3n) is 6.32. The van der Waals surface area contributed by atoms with Crippen LogP contribution in [0.2, 0.25) is 0 Å². The topological polar surface area (TPSA) is 99.9 Å². The van der Waals surface area contributed by atoms with E-state index < -0.39 is 18.1 Å². The second-order valence-corrected chi connectivity index (χ2v) is 9.03. The van der Waals surface area contributed by atoms with E-state index in [1.165, 1.54) is 12.0 Å². The quantitative estimate of drug-likeness (QED) is 0.758. The summed E-state index contributed by atoms with van der Waals surface area (Å²) < 4.78 is 11.1. The largest absolute Gasteiger partial charge is 0.489 e. The maximum absolute atomic E-state index is 12.0. The maximum atomic E-state index is 12.0. The van der Waals surface area contributed by atoms with Gasteiger partial charge in [0.05, 0.1) is 18.8 Å². The molecule has 2 fully saturated rings. The van der Waals surface area contributed by atoms with Crippen LogP contribution >= 0.6 is 11.3 Å². The summed E-state index contributed by atoms with van der Waals surface area (Å²) in [6, 6.07) is 11.0. The normalized spacial score (nSPS) is 25.2. The van der Waals surface area contributed by atoms with Gasteiger partial charge in [0, 0.05) is 11.4 Å². The molecule has 4 atom stereocenters. The molecule has 2 aromatic rings. The molecule has 2 aliphatic rings. The lowest BCUT2D eigenvalue weighted by molar-refractivity contribution is -0.146. The van der Waals surface area contributed by atoms with E-state index >= 15 is 0 Å². The van der Waals surface area contributed by atoms with Crippen molar-refractivity contribution in [2.24, 2.45) is 11.8 Å². The SMILES string of the molecule is COC(=O)N1CC2CCC(Oc3cc(-c4cccs4)ccc3C#N)CC2CC1C(=O)O. The lowest BCUT2D eigenvalue weighted by Crippen LogP contribution is -2.55. The number of methoxy groups -OCH3 is 1. The Balaban J connectivity index is 1.49. The van der Waals surface area contributed by atoms with Crippen molar-refractivity contribution in [3.8, 4) is 22.3 Å². The number of carboxylic acids is 1. The summed E-state index contributed by atoms with van der Waals surface area (Å²) in [5.41, 5.74) is 1.50. The first-order chi connectivity index (χ1) is 15.0. The van der Waals surface area contributed by atoms with Crippen molar-refractivity contribution in [1.82, 2.24) is 4.90 Å². The average Bonchev–Trinajstić information content (AvgIpc) is 3.32. The van der Waals surface area contributed by atoms with E-state index in [9.17, 15) is 20.0 Å². The monoisotopic (exact) mass is 440 g/mol. The molecular weight excluding hydrogens is 416 g/mol. The Morgan fingerprint density at radius 2 is 2.06 bits per heavy atom. The number of nitrogens with zero attached hydrogens (tertiary/aromatic N) is 2. The number of piperidine rings is 1. The number of hydrogen-bond donors (Lipinski definition) is 1. The Bertz CT molecular complexity index is 1000. The molecule has 1 aliphatic heterocycles. The van der Waals surface area contributed by atoms with Gasteiger partial charge in [0.1, 0.15) is 17.9 Å². The minimum atomic E-state index is -1.01. The summed E-state index contributed by atoms with van der Waals surface area (Å²) in [6.45, 7) is 0.387. The van der Waals surface area contributed by atoms with Gasteiger partial charge in [-0.2, -0.15) is 5.26 Å². The molecule has 7 nitrogen and oxygen atoms in total. The predicted octanol–water partition coefficient (Wildman–Crippen LogP) is 4.38. The van der Waals surface area contributed by atoms with Crippen LogP contribution in [0, 0.1) is 23.2 Å². The molecule has 2 heterocycles. The van der Waals surface area contributed by atoms with Crippen LogP contribution in [0.25, 0.3) is 10.4 Å². The van der Waals surface area contributed by atoms with Crippen molar-refractivity contribution in [1.29, 1.82) is 5.26 Å². The van der Waals surface area contributed by atoms with Crippen LogP contribution in [0.1, 0.15) is 31.2 Å². The highest BCUT2D eigenvalue weighted by atomic mass is 32.1. The molecule has 1 aromatic heterocycles. The van der Waals surface area contributed by atoms with Crippen molar-refractivity contribution < 1.29 is 24.2 Å². The Morgan fingerprint density at radius 1 is 1.23 bits per heavy atom. The third-order valence-corrected chi connectivity index (χ3v) is 7.24. The number of amides is 1. The number of thiophene rings is 1. The second kappa shape index (κ2) is 8.98. The molecule has 4 rings (SSSR count). The van der Waals surface area contributed by atoms with Gasteiger partial charge in [0.25, 0.3) is 0 Å². The first-order valence-electron chi connectivity index (χ1n) is 10.3. The zero-order valence-corrected chi connectivity index (χ0v) is 18.0. The van der Waals surface area contributed by atoms with Gasteiger partial charge in [-0.15, -0.1) is 11.3 Å². The second-order valence-electron chi connectivity index (χ2n) is 8.09. The Kier molecular flexibility index (Phi) is 6.14. The van der Waals surface area contributed by atoms with Crippen molar-refractivity contribution in [3.05, 3.63) is 41.3 Å². The molecule has 31 heavy (non-hydrogen) atoms. The number of benzene rings is 1. The fourth-order valence-electron chi connectivity index (χ4n) is 4.75. The fourth-order valence-corrected chi connectivity index (χ4v) is 5.48. The minimum Gasteiger partial charge on any atom is -0.489 e. The van der Waals surface area contributed by atoms with Crippen molar-refractivity contribution in [3.63, 3.8) is 0 Å². The molecule has 1 amide bonds. The van der Waals surface area contributed by atoms with E-state index in [-0.39, 0.29) is 17.9 Å². The van der Waals surface area contributed by atoms with E-state index in [1.54, 1.807) is 17.4 Å². The Labute approximate surface area is 184 Å². The molecule has 1 aliphatic carbocycles. The number of fused-ring (bicyclic) bond motifs is 1. The number of ether oxygens (including phenoxy) is 2. The highest BCUT2D eigenvalue weighted by Gasteiger charge is 2.44. The van der Waals surface area contributed by atoms with Crippen LogP contribution in [0.4, 0.5) is 4.79 Å². The summed E-state index contributed by atoms with van der Waals surface area (Å²) >= 11 is 1.63. The van der Waals surface area contributed by atoms with Gasteiger partial charge >= 0.3 is 12.1 Å². The maximum Gasteiger partial charge on any atom is 0.410 e. The van der Waals surface area contributed by atoms with E-state index in [0.29, 0.717) is 30.7 Å². The van der Waals surface area contributed by atoms with Gasteiger partial charge in [-0.25, -0.2) is 9.59 Å². The number of hydrogen-bond acceptors (Lipinski definition) is 6. The van der Waals surface area contributed by atoms with Gasteiger partial charge in [-0.3, -0.25) is 4.90 Å². The van der Waals surface area contributed by atoms with Crippen LogP contribution in [0.15, 0.2) is 35.7 Å². The van der Waals surface area contributed by atoms with Crippen LogP contribution in [0.3, 0.4) is 0 Å². The van der Waals surface area contributed by atoms with E-state index in [1.807, 2.05) is 29.6 Å². The van der Waals surface area contributed by atoms with Crippen LogP contribution in [-0.2, 0) is 9.53 Å². The van der Waals surface area contributed by atoms with Gasteiger partial charge in [0.2, 0.25) is 0 Å². The number of nitriles is 1. The average molecular weight is 441 g/mol. The number of likely N-dealkylation sites (tertiary alicyclic amines) is 1. The first-order valence-corrected chi connectivity index (χ1v) is 11.2. The van der Waals surface area contributed by atoms with E-state index in [0.717, 1.165) is 23.3 Å².